The summed E-state index contributed by atoms with van der Waals surface area (Å²) in [5.74, 6) is 1.04. The highest BCUT2D eigenvalue weighted by molar-refractivity contribution is 5.26. The molecule has 0 amide bonds. The highest BCUT2D eigenvalue weighted by Crippen LogP contribution is 2.17. The van der Waals surface area contributed by atoms with E-state index >= 15 is 0 Å². The minimum absolute atomic E-state index is 1.04. The Kier molecular flexibility index (Phi) is 6.54. The van der Waals surface area contributed by atoms with Crippen molar-refractivity contribution in [1.82, 2.24) is 0 Å². The zero-order valence-electron chi connectivity index (χ0n) is 8.68. The van der Waals surface area contributed by atoms with Crippen molar-refractivity contribution in [3.8, 4) is 0 Å². The molecule has 1 heteroatoms. The van der Waals surface area contributed by atoms with Crippen LogP contribution < -0.4 is 0 Å². The summed E-state index contributed by atoms with van der Waals surface area (Å²) >= 11 is 0. The van der Waals surface area contributed by atoms with Gasteiger partial charge in [-0.25, -0.2) is 0 Å². The topological polar surface area (TPSA) is 9.23 Å². The van der Waals surface area contributed by atoms with Crippen LogP contribution in [0.1, 0.15) is 40.0 Å². The van der Waals surface area contributed by atoms with Gasteiger partial charge in [-0.05, 0) is 31.4 Å². The van der Waals surface area contributed by atoms with Gasteiger partial charge in [-0.1, -0.05) is 26.3 Å². The van der Waals surface area contributed by atoms with E-state index in [1.165, 1.54) is 18.4 Å². The molecule has 0 saturated carbocycles. The number of ether oxygens (including phenoxy) is 1. The number of rotatable bonds is 1. The van der Waals surface area contributed by atoms with Crippen LogP contribution in [0.15, 0.2) is 23.5 Å². The first-order valence-electron chi connectivity index (χ1n) is 4.67. The summed E-state index contributed by atoms with van der Waals surface area (Å²) in [6.45, 7) is 6.33. The largest absolute Gasteiger partial charge is 0.497 e. The van der Waals surface area contributed by atoms with Crippen molar-refractivity contribution >= 4 is 0 Å². The van der Waals surface area contributed by atoms with Crippen LogP contribution in [-0.2, 0) is 4.74 Å². The van der Waals surface area contributed by atoms with E-state index in [0.29, 0.717) is 0 Å². The van der Waals surface area contributed by atoms with Crippen molar-refractivity contribution in [3.63, 3.8) is 0 Å². The molecular weight excluding hydrogens is 148 g/mol. The average molecular weight is 168 g/mol. The molecule has 0 spiro atoms. The molecule has 70 valence electrons. The zero-order valence-corrected chi connectivity index (χ0v) is 8.68. The lowest BCUT2D eigenvalue weighted by molar-refractivity contribution is 0.297. The molecule has 1 nitrogen and oxygen atoms in total. The van der Waals surface area contributed by atoms with Crippen LogP contribution in [0.3, 0.4) is 0 Å². The van der Waals surface area contributed by atoms with Crippen molar-refractivity contribution in [2.45, 2.75) is 40.0 Å². The SMILES string of the molecule is CCC.COC1=CCCC=C1C. The van der Waals surface area contributed by atoms with Gasteiger partial charge in [0.1, 0.15) is 5.76 Å². The molecule has 1 rings (SSSR count). The van der Waals surface area contributed by atoms with Gasteiger partial charge >= 0.3 is 0 Å². The van der Waals surface area contributed by atoms with E-state index in [0.717, 1.165) is 12.2 Å². The maximum Gasteiger partial charge on any atom is 0.117 e. The molecule has 0 saturated heterocycles. The summed E-state index contributed by atoms with van der Waals surface area (Å²) in [7, 11) is 1.72. The fourth-order valence-corrected chi connectivity index (χ4v) is 1.02. The summed E-state index contributed by atoms with van der Waals surface area (Å²) in [6.07, 6.45) is 7.88. The summed E-state index contributed by atoms with van der Waals surface area (Å²) in [5, 5.41) is 0. The normalized spacial score (nSPS) is 15.3. The lowest BCUT2D eigenvalue weighted by atomic mass is 10.1. The molecule has 1 aliphatic rings. The quantitative estimate of drug-likeness (QED) is 0.580. The first-order valence-corrected chi connectivity index (χ1v) is 4.67. The van der Waals surface area contributed by atoms with Gasteiger partial charge in [0.15, 0.2) is 0 Å². The van der Waals surface area contributed by atoms with Crippen LogP contribution >= 0.6 is 0 Å². The molecule has 0 atom stereocenters. The predicted molar refractivity (Wildman–Crippen MR) is 54.0 cm³/mol. The predicted octanol–water partition coefficient (Wildman–Crippen LogP) is 3.67. The summed E-state index contributed by atoms with van der Waals surface area (Å²) < 4.78 is 5.10. The van der Waals surface area contributed by atoms with Crippen LogP contribution in [0, 0.1) is 0 Å². The second kappa shape index (κ2) is 6.96. The average Bonchev–Trinajstić information content (AvgIpc) is 2.07. The van der Waals surface area contributed by atoms with Crippen molar-refractivity contribution in [3.05, 3.63) is 23.5 Å². The Labute approximate surface area is 76.1 Å². The van der Waals surface area contributed by atoms with Crippen molar-refractivity contribution in [1.29, 1.82) is 0 Å². The molecule has 0 aromatic carbocycles. The van der Waals surface area contributed by atoms with Crippen LogP contribution in [0.5, 0.6) is 0 Å². The number of allylic oxidation sites excluding steroid dienone is 3. The van der Waals surface area contributed by atoms with Crippen molar-refractivity contribution in [2.24, 2.45) is 0 Å². The third kappa shape index (κ3) is 4.22. The van der Waals surface area contributed by atoms with E-state index < -0.39 is 0 Å². The van der Waals surface area contributed by atoms with E-state index in [4.69, 9.17) is 4.74 Å². The molecule has 0 radical (unpaired) electrons. The van der Waals surface area contributed by atoms with E-state index in [9.17, 15) is 0 Å². The monoisotopic (exact) mass is 168 g/mol. The second-order valence-corrected chi connectivity index (χ2v) is 2.94. The highest BCUT2D eigenvalue weighted by Gasteiger charge is 2.01. The lowest BCUT2D eigenvalue weighted by Gasteiger charge is -2.09. The van der Waals surface area contributed by atoms with Crippen molar-refractivity contribution in [2.75, 3.05) is 7.11 Å². The summed E-state index contributed by atoms with van der Waals surface area (Å²) in [5.41, 5.74) is 1.27. The molecule has 0 fully saturated rings. The van der Waals surface area contributed by atoms with Gasteiger partial charge in [0.05, 0.1) is 7.11 Å². The summed E-state index contributed by atoms with van der Waals surface area (Å²) in [4.78, 5) is 0. The molecule has 12 heavy (non-hydrogen) atoms. The van der Waals surface area contributed by atoms with E-state index in [-0.39, 0.29) is 0 Å². The lowest BCUT2D eigenvalue weighted by Crippen LogP contribution is -1.92. The molecule has 0 N–H and O–H groups in total. The Balaban J connectivity index is 0.000000354. The second-order valence-electron chi connectivity index (χ2n) is 2.94. The molecule has 0 heterocycles. The van der Waals surface area contributed by atoms with E-state index in [1.54, 1.807) is 7.11 Å². The Bertz CT molecular complexity index is 166. The van der Waals surface area contributed by atoms with Gasteiger partial charge in [-0.15, -0.1) is 0 Å². The smallest absolute Gasteiger partial charge is 0.117 e. The maximum absolute atomic E-state index is 5.10. The molecule has 0 bridgehead atoms. The number of methoxy groups -OCH3 is 1. The molecular formula is C11H20O. The summed E-state index contributed by atoms with van der Waals surface area (Å²) in [6, 6.07) is 0. The third-order valence-corrected chi connectivity index (χ3v) is 1.56. The fourth-order valence-electron chi connectivity index (χ4n) is 1.02. The Morgan fingerprint density at radius 2 is 1.75 bits per heavy atom. The number of hydrogen-bond donors (Lipinski definition) is 0. The molecule has 0 unspecified atom stereocenters. The zero-order chi connectivity index (χ0) is 9.40. The Morgan fingerprint density at radius 1 is 1.25 bits per heavy atom. The van der Waals surface area contributed by atoms with Crippen molar-refractivity contribution < 1.29 is 4.74 Å². The van der Waals surface area contributed by atoms with Gasteiger partial charge in [0, 0.05) is 0 Å². The highest BCUT2D eigenvalue weighted by atomic mass is 16.5. The first kappa shape index (κ1) is 11.3. The molecule has 1 aliphatic carbocycles. The number of hydrogen-bond acceptors (Lipinski definition) is 1. The van der Waals surface area contributed by atoms with Crippen LogP contribution in [0.25, 0.3) is 0 Å². The van der Waals surface area contributed by atoms with E-state index in [2.05, 4.69) is 32.9 Å². The molecule has 0 aliphatic heterocycles. The minimum Gasteiger partial charge on any atom is -0.497 e. The van der Waals surface area contributed by atoms with Gasteiger partial charge in [-0.3, -0.25) is 0 Å². The fraction of sp³-hybridized carbons (Fsp3) is 0.636. The standard InChI is InChI=1S/C8H12O.C3H8/c1-7-5-3-4-6-8(7)9-2;1-3-2/h5-6H,3-4H2,1-2H3;3H2,1-2H3. The van der Waals surface area contributed by atoms with Crippen LogP contribution in [0.4, 0.5) is 0 Å². The van der Waals surface area contributed by atoms with Gasteiger partial charge in [0.25, 0.3) is 0 Å². The maximum atomic E-state index is 5.10. The third-order valence-electron chi connectivity index (χ3n) is 1.56. The first-order chi connectivity index (χ1) is 5.76. The Hall–Kier alpha value is -0.720. The van der Waals surface area contributed by atoms with Gasteiger partial charge in [0.2, 0.25) is 0 Å². The van der Waals surface area contributed by atoms with Crippen LogP contribution in [-0.4, -0.2) is 7.11 Å². The van der Waals surface area contributed by atoms with Gasteiger partial charge in [-0.2, -0.15) is 0 Å². The Morgan fingerprint density at radius 3 is 2.08 bits per heavy atom. The minimum atomic E-state index is 1.04. The van der Waals surface area contributed by atoms with Gasteiger partial charge < -0.3 is 4.74 Å². The molecule has 0 aromatic heterocycles. The molecule has 0 aromatic rings. The van der Waals surface area contributed by atoms with E-state index in [1.807, 2.05) is 0 Å². The van der Waals surface area contributed by atoms with Crippen LogP contribution in [0.2, 0.25) is 0 Å².